The van der Waals surface area contributed by atoms with Crippen molar-refractivity contribution in [3.8, 4) is 0 Å². The Kier molecular flexibility index (Phi) is 4.74. The third kappa shape index (κ3) is 3.87. The van der Waals surface area contributed by atoms with Gasteiger partial charge in [-0.05, 0) is 24.6 Å². The number of halogens is 4. The van der Waals surface area contributed by atoms with Crippen molar-refractivity contribution in [2.75, 3.05) is 18.4 Å². The smallest absolute Gasteiger partial charge is 0.394 e. The quantitative estimate of drug-likeness (QED) is 0.859. The number of carbonyl (C=O) groups excluding carboxylic acids is 1. The number of carboxylic acid groups (broad SMARTS) is 1. The van der Waals surface area contributed by atoms with Gasteiger partial charge in [0, 0.05) is 23.8 Å². The molecule has 1 aliphatic rings. The fraction of sp³-hybridized carbons (Fsp3) is 0.429. The number of urea groups is 1. The number of nitrogens with one attached hydrogen (secondary N) is 1. The van der Waals surface area contributed by atoms with Gasteiger partial charge in [-0.15, -0.1) is 0 Å². The highest BCUT2D eigenvalue weighted by Gasteiger charge is 2.53. The number of aryl methyl sites for hydroxylation is 1. The van der Waals surface area contributed by atoms with E-state index in [1.165, 1.54) is 6.07 Å². The molecule has 0 radical (unpaired) electrons. The van der Waals surface area contributed by atoms with E-state index in [-0.39, 0.29) is 0 Å². The monoisotopic (exact) mass is 350 g/mol. The number of likely N-dealkylation sites (tertiary alicyclic amines) is 1. The SMILES string of the molecule is Cc1ccc(Cl)cc1NC(=O)N1C[C@@H](C(F)(F)F)[C@H](C(=O)O)C1. The average molecular weight is 351 g/mol. The Morgan fingerprint density at radius 3 is 2.52 bits per heavy atom. The molecular formula is C14H14ClF3N2O3. The number of hydrogen-bond acceptors (Lipinski definition) is 2. The summed E-state index contributed by atoms with van der Waals surface area (Å²) in [6, 6.07) is 3.96. The van der Waals surface area contributed by atoms with Crippen LogP contribution in [-0.4, -0.2) is 41.3 Å². The maximum absolute atomic E-state index is 12.9. The lowest BCUT2D eigenvalue weighted by molar-refractivity contribution is -0.187. The van der Waals surface area contributed by atoms with Crippen LogP contribution in [0.4, 0.5) is 23.7 Å². The van der Waals surface area contributed by atoms with Gasteiger partial charge in [0.15, 0.2) is 0 Å². The van der Waals surface area contributed by atoms with Gasteiger partial charge in [0.25, 0.3) is 0 Å². The van der Waals surface area contributed by atoms with Crippen LogP contribution in [0.2, 0.25) is 5.02 Å². The molecule has 0 saturated carbocycles. The Balaban J connectivity index is 2.14. The van der Waals surface area contributed by atoms with Gasteiger partial charge < -0.3 is 15.3 Å². The van der Waals surface area contributed by atoms with E-state index in [1.54, 1.807) is 19.1 Å². The molecule has 2 N–H and O–H groups in total. The number of nitrogens with zero attached hydrogens (tertiary/aromatic N) is 1. The maximum atomic E-state index is 12.9. The molecule has 1 aromatic carbocycles. The lowest BCUT2D eigenvalue weighted by atomic mass is 9.96. The van der Waals surface area contributed by atoms with Gasteiger partial charge in [-0.1, -0.05) is 17.7 Å². The summed E-state index contributed by atoms with van der Waals surface area (Å²) in [5.74, 6) is -5.31. The van der Waals surface area contributed by atoms with Crippen LogP contribution in [0.3, 0.4) is 0 Å². The number of amides is 2. The minimum Gasteiger partial charge on any atom is -0.481 e. The molecule has 2 atom stereocenters. The molecule has 0 bridgehead atoms. The molecule has 0 aliphatic carbocycles. The van der Waals surface area contributed by atoms with E-state index in [0.717, 1.165) is 4.90 Å². The molecule has 1 fully saturated rings. The second kappa shape index (κ2) is 6.27. The molecule has 1 heterocycles. The molecule has 0 unspecified atom stereocenters. The highest BCUT2D eigenvalue weighted by molar-refractivity contribution is 6.31. The van der Waals surface area contributed by atoms with Crippen molar-refractivity contribution in [1.29, 1.82) is 0 Å². The predicted octanol–water partition coefficient (Wildman–Crippen LogP) is 3.38. The third-order valence-electron chi connectivity index (χ3n) is 3.79. The molecule has 2 rings (SSSR count). The van der Waals surface area contributed by atoms with Gasteiger partial charge in [-0.25, -0.2) is 4.79 Å². The molecule has 1 aromatic rings. The molecule has 9 heteroatoms. The van der Waals surface area contributed by atoms with Crippen LogP contribution < -0.4 is 5.32 Å². The summed E-state index contributed by atoms with van der Waals surface area (Å²) in [4.78, 5) is 24.0. The average Bonchev–Trinajstić information content (AvgIpc) is 2.88. The zero-order valence-corrected chi connectivity index (χ0v) is 12.8. The lowest BCUT2D eigenvalue weighted by Crippen LogP contribution is -2.35. The second-order valence-corrected chi connectivity index (χ2v) is 5.82. The summed E-state index contributed by atoms with van der Waals surface area (Å²) in [5, 5.41) is 11.8. The zero-order chi connectivity index (χ0) is 17.4. The summed E-state index contributed by atoms with van der Waals surface area (Å²) in [5.41, 5.74) is 1.05. The van der Waals surface area contributed by atoms with Crippen molar-refractivity contribution < 1.29 is 27.9 Å². The highest BCUT2D eigenvalue weighted by atomic mass is 35.5. The van der Waals surface area contributed by atoms with Crippen LogP contribution in [-0.2, 0) is 4.79 Å². The fourth-order valence-corrected chi connectivity index (χ4v) is 2.65. The summed E-state index contributed by atoms with van der Waals surface area (Å²) in [6.45, 7) is 0.519. The topological polar surface area (TPSA) is 69.6 Å². The molecule has 0 aromatic heterocycles. The van der Waals surface area contributed by atoms with Crippen LogP contribution in [0.25, 0.3) is 0 Å². The first-order valence-corrected chi connectivity index (χ1v) is 7.09. The molecule has 2 amide bonds. The van der Waals surface area contributed by atoms with Crippen molar-refractivity contribution in [3.63, 3.8) is 0 Å². The minimum absolute atomic E-state index is 0.365. The zero-order valence-electron chi connectivity index (χ0n) is 12.0. The number of benzene rings is 1. The summed E-state index contributed by atoms with van der Waals surface area (Å²) in [6.07, 6.45) is -4.68. The van der Waals surface area contributed by atoms with Crippen molar-refractivity contribution in [1.82, 2.24) is 4.90 Å². The van der Waals surface area contributed by atoms with E-state index < -0.39 is 43.1 Å². The van der Waals surface area contributed by atoms with Crippen LogP contribution in [0.1, 0.15) is 5.56 Å². The van der Waals surface area contributed by atoms with Gasteiger partial charge in [-0.3, -0.25) is 4.79 Å². The van der Waals surface area contributed by atoms with Crippen LogP contribution in [0.15, 0.2) is 18.2 Å². The largest absolute Gasteiger partial charge is 0.481 e. The summed E-state index contributed by atoms with van der Waals surface area (Å²) < 4.78 is 38.7. The number of anilines is 1. The van der Waals surface area contributed by atoms with Crippen LogP contribution in [0.5, 0.6) is 0 Å². The fourth-order valence-electron chi connectivity index (χ4n) is 2.47. The number of hydrogen-bond donors (Lipinski definition) is 2. The number of rotatable bonds is 2. The van der Waals surface area contributed by atoms with Gasteiger partial charge in [0.1, 0.15) is 0 Å². The van der Waals surface area contributed by atoms with Gasteiger partial charge >= 0.3 is 18.2 Å². The van der Waals surface area contributed by atoms with E-state index in [0.29, 0.717) is 16.3 Å². The van der Waals surface area contributed by atoms with Gasteiger partial charge in [-0.2, -0.15) is 13.2 Å². The molecule has 126 valence electrons. The Hall–Kier alpha value is -1.96. The number of carboxylic acids is 1. The Labute approximate surface area is 135 Å². The summed E-state index contributed by atoms with van der Waals surface area (Å²) in [7, 11) is 0. The van der Waals surface area contributed by atoms with Gasteiger partial charge in [0.05, 0.1) is 11.8 Å². The molecule has 1 saturated heterocycles. The molecule has 23 heavy (non-hydrogen) atoms. The van der Waals surface area contributed by atoms with Crippen molar-refractivity contribution in [2.24, 2.45) is 11.8 Å². The Morgan fingerprint density at radius 2 is 2.00 bits per heavy atom. The van der Waals surface area contributed by atoms with E-state index in [2.05, 4.69) is 5.32 Å². The lowest BCUT2D eigenvalue weighted by Gasteiger charge is -2.19. The molecule has 1 aliphatic heterocycles. The normalized spacial score (nSPS) is 21.3. The first-order valence-electron chi connectivity index (χ1n) is 6.71. The Morgan fingerprint density at radius 1 is 1.35 bits per heavy atom. The Bertz CT molecular complexity index is 636. The predicted molar refractivity (Wildman–Crippen MR) is 77.5 cm³/mol. The van der Waals surface area contributed by atoms with E-state index in [1.807, 2.05) is 0 Å². The molecular weight excluding hydrogens is 337 g/mol. The number of aliphatic carboxylic acids is 1. The number of carbonyl (C=O) groups is 2. The first-order chi connectivity index (χ1) is 10.6. The minimum atomic E-state index is -4.68. The van der Waals surface area contributed by atoms with E-state index in [4.69, 9.17) is 16.7 Å². The number of alkyl halides is 3. The third-order valence-corrected chi connectivity index (χ3v) is 4.02. The van der Waals surface area contributed by atoms with E-state index >= 15 is 0 Å². The van der Waals surface area contributed by atoms with E-state index in [9.17, 15) is 22.8 Å². The maximum Gasteiger partial charge on any atom is 0.394 e. The van der Waals surface area contributed by atoms with Crippen molar-refractivity contribution in [3.05, 3.63) is 28.8 Å². The van der Waals surface area contributed by atoms with Crippen molar-refractivity contribution in [2.45, 2.75) is 13.1 Å². The van der Waals surface area contributed by atoms with Gasteiger partial charge in [0.2, 0.25) is 0 Å². The standard InChI is InChI=1S/C14H14ClF3N2O3/c1-7-2-3-8(15)4-11(7)19-13(23)20-5-9(12(21)22)10(6-20)14(16,17)18/h2-4,9-10H,5-6H2,1H3,(H,19,23)(H,21,22)/t9-,10-/m1/s1. The van der Waals surface area contributed by atoms with Crippen LogP contribution >= 0.6 is 11.6 Å². The molecule has 5 nitrogen and oxygen atoms in total. The van der Waals surface area contributed by atoms with Crippen LogP contribution in [0, 0.1) is 18.8 Å². The highest BCUT2D eigenvalue weighted by Crippen LogP contribution is 2.38. The first kappa shape index (κ1) is 17.4. The molecule has 0 spiro atoms. The van der Waals surface area contributed by atoms with Crippen molar-refractivity contribution >= 4 is 29.3 Å². The summed E-state index contributed by atoms with van der Waals surface area (Å²) >= 11 is 5.82. The second-order valence-electron chi connectivity index (χ2n) is 5.39.